The van der Waals surface area contributed by atoms with Crippen LogP contribution in [0.5, 0.6) is 17.2 Å². The SMILES string of the molecule is C=CCNC(=O)COc1cccc(C2SC(c3ccc(F)cc3)=NN2C(=O)c2ccccc2O)c1OC. The second kappa shape index (κ2) is 11.6. The van der Waals surface area contributed by atoms with Crippen LogP contribution >= 0.6 is 11.8 Å². The van der Waals surface area contributed by atoms with Crippen LogP contribution in [0.3, 0.4) is 0 Å². The molecule has 1 unspecified atom stereocenters. The summed E-state index contributed by atoms with van der Waals surface area (Å²) in [6, 6.07) is 17.1. The molecule has 2 N–H and O–H groups in total. The summed E-state index contributed by atoms with van der Waals surface area (Å²) in [5.74, 6) is -0.821. The zero-order valence-corrected chi connectivity index (χ0v) is 20.7. The Labute approximate surface area is 217 Å². The minimum Gasteiger partial charge on any atom is -0.507 e. The van der Waals surface area contributed by atoms with Gasteiger partial charge in [0.15, 0.2) is 18.1 Å². The maximum Gasteiger partial charge on any atom is 0.279 e. The summed E-state index contributed by atoms with van der Waals surface area (Å²) in [4.78, 5) is 25.6. The van der Waals surface area contributed by atoms with Crippen LogP contribution in [-0.2, 0) is 4.79 Å². The van der Waals surface area contributed by atoms with Crippen molar-refractivity contribution in [2.24, 2.45) is 5.10 Å². The number of thioether (sulfide) groups is 1. The Hall–Kier alpha value is -4.31. The largest absolute Gasteiger partial charge is 0.507 e. The summed E-state index contributed by atoms with van der Waals surface area (Å²) >= 11 is 1.26. The molecule has 1 heterocycles. The molecule has 0 radical (unpaired) electrons. The van der Waals surface area contributed by atoms with Crippen LogP contribution in [0.15, 0.2) is 84.5 Å². The van der Waals surface area contributed by atoms with E-state index in [-0.39, 0.29) is 23.8 Å². The quantitative estimate of drug-likeness (QED) is 0.403. The second-order valence-electron chi connectivity index (χ2n) is 7.81. The predicted octanol–water partition coefficient (Wildman–Crippen LogP) is 4.47. The van der Waals surface area contributed by atoms with E-state index in [0.29, 0.717) is 34.2 Å². The maximum absolute atomic E-state index is 13.5. The Morgan fingerprint density at radius 3 is 2.62 bits per heavy atom. The van der Waals surface area contributed by atoms with Crippen LogP contribution in [0.2, 0.25) is 0 Å². The number of nitrogens with one attached hydrogen (secondary N) is 1. The first-order valence-corrected chi connectivity index (χ1v) is 12.1. The van der Waals surface area contributed by atoms with Gasteiger partial charge in [0.1, 0.15) is 22.0 Å². The van der Waals surface area contributed by atoms with Gasteiger partial charge in [-0.1, -0.05) is 42.1 Å². The van der Waals surface area contributed by atoms with Crippen molar-refractivity contribution in [1.29, 1.82) is 0 Å². The zero-order chi connectivity index (χ0) is 26.4. The number of phenolic OH excluding ortho intramolecular Hbond substituents is 1. The fraction of sp³-hybridized carbons (Fsp3) is 0.148. The van der Waals surface area contributed by atoms with E-state index in [2.05, 4.69) is 17.0 Å². The van der Waals surface area contributed by atoms with E-state index in [1.807, 2.05) is 0 Å². The van der Waals surface area contributed by atoms with Gasteiger partial charge in [-0.3, -0.25) is 9.59 Å². The number of para-hydroxylation sites is 2. The highest BCUT2D eigenvalue weighted by Crippen LogP contribution is 2.47. The summed E-state index contributed by atoms with van der Waals surface area (Å²) < 4.78 is 24.9. The lowest BCUT2D eigenvalue weighted by Crippen LogP contribution is -2.29. The number of hydrogen-bond donors (Lipinski definition) is 2. The summed E-state index contributed by atoms with van der Waals surface area (Å²) in [6.45, 7) is 3.62. The lowest BCUT2D eigenvalue weighted by Gasteiger charge is -2.24. The highest BCUT2D eigenvalue weighted by molar-refractivity contribution is 8.14. The number of hydrazone groups is 1. The first-order chi connectivity index (χ1) is 17.9. The minimum atomic E-state index is -0.708. The molecule has 0 bridgehead atoms. The average Bonchev–Trinajstić information content (AvgIpc) is 3.36. The van der Waals surface area contributed by atoms with Crippen LogP contribution in [0.1, 0.15) is 26.9 Å². The number of nitrogens with zero attached hydrogens (tertiary/aromatic N) is 2. The monoisotopic (exact) mass is 521 g/mol. The van der Waals surface area contributed by atoms with E-state index >= 15 is 0 Å². The van der Waals surface area contributed by atoms with E-state index in [4.69, 9.17) is 9.47 Å². The van der Waals surface area contributed by atoms with Gasteiger partial charge >= 0.3 is 0 Å². The van der Waals surface area contributed by atoms with Gasteiger partial charge in [0.05, 0.1) is 12.7 Å². The topological polar surface area (TPSA) is 100 Å². The fourth-order valence-electron chi connectivity index (χ4n) is 3.61. The standard InChI is InChI=1S/C27H24FN3O5S/c1-3-15-29-23(33)16-36-22-10-6-8-20(24(22)35-2)27-31(26(34)19-7-4-5-9-21(19)32)30-25(37-27)17-11-13-18(28)14-12-17/h3-14,27,32H,1,15-16H2,2H3,(H,29,33). The number of carbonyl (C=O) groups excluding carboxylic acids is 2. The molecule has 1 aliphatic heterocycles. The molecule has 2 amide bonds. The van der Waals surface area contributed by atoms with Gasteiger partial charge in [0, 0.05) is 17.7 Å². The molecule has 3 aromatic rings. The minimum absolute atomic E-state index is 0.0717. The van der Waals surface area contributed by atoms with E-state index in [9.17, 15) is 19.1 Å². The van der Waals surface area contributed by atoms with Crippen molar-refractivity contribution in [1.82, 2.24) is 10.3 Å². The number of phenols is 1. The Morgan fingerprint density at radius 1 is 1.16 bits per heavy atom. The highest BCUT2D eigenvalue weighted by Gasteiger charge is 2.37. The van der Waals surface area contributed by atoms with Crippen molar-refractivity contribution < 1.29 is 28.6 Å². The van der Waals surface area contributed by atoms with E-state index in [0.717, 1.165) is 0 Å². The van der Waals surface area contributed by atoms with Gasteiger partial charge in [-0.25, -0.2) is 9.40 Å². The Balaban J connectivity index is 1.71. The summed E-state index contributed by atoms with van der Waals surface area (Å²) in [7, 11) is 1.46. The highest BCUT2D eigenvalue weighted by atomic mass is 32.2. The van der Waals surface area contributed by atoms with Crippen molar-refractivity contribution in [2.45, 2.75) is 5.37 Å². The number of amides is 2. The molecule has 3 aromatic carbocycles. The third-order valence-electron chi connectivity index (χ3n) is 5.36. The van der Waals surface area contributed by atoms with E-state index in [1.54, 1.807) is 48.5 Å². The number of benzene rings is 3. The fourth-order valence-corrected chi connectivity index (χ4v) is 4.79. The molecule has 8 nitrogen and oxygen atoms in total. The molecule has 0 fully saturated rings. The molecule has 1 atom stereocenters. The molecule has 0 saturated carbocycles. The van der Waals surface area contributed by atoms with Crippen LogP contribution in [0.4, 0.5) is 4.39 Å². The first kappa shape index (κ1) is 25.8. The third-order valence-corrected chi connectivity index (χ3v) is 6.58. The number of halogens is 1. The molecule has 0 aliphatic carbocycles. The van der Waals surface area contributed by atoms with Gasteiger partial charge in [0.2, 0.25) is 0 Å². The Kier molecular flexibility index (Phi) is 8.09. The van der Waals surface area contributed by atoms with Gasteiger partial charge in [-0.05, 0) is 42.5 Å². The summed E-state index contributed by atoms with van der Waals surface area (Å²) in [5, 5.41) is 18.5. The molecule has 1 aliphatic rings. The molecule has 0 saturated heterocycles. The van der Waals surface area contributed by atoms with Gasteiger partial charge in [-0.15, -0.1) is 6.58 Å². The van der Waals surface area contributed by atoms with Crippen LogP contribution in [0, 0.1) is 5.82 Å². The molecule has 0 aromatic heterocycles. The first-order valence-electron chi connectivity index (χ1n) is 11.2. The van der Waals surface area contributed by atoms with Crippen molar-refractivity contribution in [3.05, 3.63) is 102 Å². The third kappa shape index (κ3) is 5.75. The maximum atomic E-state index is 13.5. The number of aromatic hydroxyl groups is 1. The number of rotatable bonds is 9. The molecule has 0 spiro atoms. The molecular formula is C27H24FN3O5S. The summed E-state index contributed by atoms with van der Waals surface area (Å²) in [6.07, 6.45) is 1.56. The number of methoxy groups -OCH3 is 1. The van der Waals surface area contributed by atoms with Gasteiger partial charge < -0.3 is 19.9 Å². The number of carbonyl (C=O) groups is 2. The summed E-state index contributed by atoms with van der Waals surface area (Å²) in [5.41, 5.74) is 1.25. The molecular weight excluding hydrogens is 497 g/mol. The van der Waals surface area contributed by atoms with Crippen molar-refractivity contribution in [3.63, 3.8) is 0 Å². The van der Waals surface area contributed by atoms with Crippen LogP contribution in [0.25, 0.3) is 0 Å². The second-order valence-corrected chi connectivity index (χ2v) is 8.88. The van der Waals surface area contributed by atoms with Crippen molar-refractivity contribution in [2.75, 3.05) is 20.3 Å². The lowest BCUT2D eigenvalue weighted by molar-refractivity contribution is -0.122. The lowest BCUT2D eigenvalue weighted by atomic mass is 10.1. The number of ether oxygens (including phenoxy) is 2. The zero-order valence-electron chi connectivity index (χ0n) is 19.9. The van der Waals surface area contributed by atoms with Crippen LogP contribution < -0.4 is 14.8 Å². The van der Waals surface area contributed by atoms with E-state index in [1.165, 1.54) is 48.1 Å². The van der Waals surface area contributed by atoms with Gasteiger partial charge in [-0.2, -0.15) is 5.10 Å². The molecule has 10 heteroatoms. The smallest absolute Gasteiger partial charge is 0.279 e. The van der Waals surface area contributed by atoms with Crippen LogP contribution in [-0.4, -0.2) is 47.2 Å². The normalized spacial score (nSPS) is 14.6. The molecule has 190 valence electrons. The van der Waals surface area contributed by atoms with Crippen molar-refractivity contribution >= 4 is 28.6 Å². The molecule has 37 heavy (non-hydrogen) atoms. The van der Waals surface area contributed by atoms with Crippen molar-refractivity contribution in [3.8, 4) is 17.2 Å². The average molecular weight is 522 g/mol. The molecule has 4 rings (SSSR count). The Morgan fingerprint density at radius 2 is 1.92 bits per heavy atom. The number of hydrogen-bond acceptors (Lipinski definition) is 7. The van der Waals surface area contributed by atoms with Gasteiger partial charge in [0.25, 0.3) is 11.8 Å². The Bertz CT molecular complexity index is 1350. The van der Waals surface area contributed by atoms with E-state index < -0.39 is 17.1 Å². The predicted molar refractivity (Wildman–Crippen MR) is 139 cm³/mol.